The Labute approximate surface area is 127 Å². The van der Waals surface area contributed by atoms with Crippen LogP contribution in [0.15, 0.2) is 12.2 Å². The van der Waals surface area contributed by atoms with Crippen LogP contribution in [0.4, 0.5) is 0 Å². The van der Waals surface area contributed by atoms with Crippen LogP contribution in [-0.4, -0.2) is 25.2 Å². The molecule has 1 aliphatic rings. The van der Waals surface area contributed by atoms with Crippen molar-refractivity contribution in [3.8, 4) is 0 Å². The third-order valence-electron chi connectivity index (χ3n) is 3.90. The monoisotopic (exact) mass is 296 g/mol. The molecular formula is C17H28O4. The molecule has 4 heteroatoms. The molecule has 1 saturated carbocycles. The first kappa shape index (κ1) is 17.7. The highest BCUT2D eigenvalue weighted by atomic mass is 16.5. The minimum absolute atomic E-state index is 0.0370. The standard InChI is InChI=1S/C17H28O4/c1-12(2)15(18)20-10-17(4,5)11-21-16(19)14-8-6-13(3)7-9-14/h13-14H,1,6-11H2,2-5H3. The highest BCUT2D eigenvalue weighted by Crippen LogP contribution is 2.29. The fourth-order valence-electron chi connectivity index (χ4n) is 2.31. The number of ether oxygens (including phenoxy) is 2. The summed E-state index contributed by atoms with van der Waals surface area (Å²) in [5.41, 5.74) is -0.0120. The Hall–Kier alpha value is -1.32. The summed E-state index contributed by atoms with van der Waals surface area (Å²) in [7, 11) is 0. The summed E-state index contributed by atoms with van der Waals surface area (Å²) in [5.74, 6) is 0.235. The molecule has 0 aromatic heterocycles. The Bertz CT molecular complexity index is 390. The Balaban J connectivity index is 2.33. The van der Waals surface area contributed by atoms with Gasteiger partial charge in [-0.3, -0.25) is 4.79 Å². The molecule has 0 aliphatic heterocycles. The first-order valence-corrected chi connectivity index (χ1v) is 7.70. The van der Waals surface area contributed by atoms with E-state index in [1.807, 2.05) is 13.8 Å². The molecule has 4 nitrogen and oxygen atoms in total. The summed E-state index contributed by atoms with van der Waals surface area (Å²) in [6.07, 6.45) is 4.04. The number of carbonyl (C=O) groups excluding carboxylic acids is 2. The molecule has 0 radical (unpaired) electrons. The Morgan fingerprint density at radius 2 is 1.62 bits per heavy atom. The third-order valence-corrected chi connectivity index (χ3v) is 3.90. The quantitative estimate of drug-likeness (QED) is 0.556. The van der Waals surface area contributed by atoms with Gasteiger partial charge in [0.05, 0.1) is 19.1 Å². The van der Waals surface area contributed by atoms with E-state index in [4.69, 9.17) is 9.47 Å². The van der Waals surface area contributed by atoms with Gasteiger partial charge >= 0.3 is 11.9 Å². The topological polar surface area (TPSA) is 52.6 Å². The van der Waals surface area contributed by atoms with Gasteiger partial charge in [0.25, 0.3) is 0 Å². The zero-order valence-corrected chi connectivity index (χ0v) is 13.7. The van der Waals surface area contributed by atoms with E-state index >= 15 is 0 Å². The highest BCUT2D eigenvalue weighted by Gasteiger charge is 2.28. The maximum absolute atomic E-state index is 12.1. The Kier molecular flexibility index (Phi) is 6.43. The van der Waals surface area contributed by atoms with E-state index in [-0.39, 0.29) is 30.5 Å². The predicted molar refractivity (Wildman–Crippen MR) is 81.6 cm³/mol. The van der Waals surface area contributed by atoms with E-state index in [0.29, 0.717) is 11.5 Å². The van der Waals surface area contributed by atoms with E-state index < -0.39 is 5.97 Å². The van der Waals surface area contributed by atoms with Gasteiger partial charge in [-0.25, -0.2) is 4.79 Å². The second-order valence-electron chi connectivity index (χ2n) is 7.09. The molecule has 0 heterocycles. The van der Waals surface area contributed by atoms with Crippen molar-refractivity contribution in [2.24, 2.45) is 17.3 Å². The maximum Gasteiger partial charge on any atom is 0.333 e. The number of carbonyl (C=O) groups is 2. The highest BCUT2D eigenvalue weighted by molar-refractivity contribution is 5.86. The maximum atomic E-state index is 12.1. The molecule has 0 N–H and O–H groups in total. The number of hydrogen-bond donors (Lipinski definition) is 0. The number of esters is 2. The minimum Gasteiger partial charge on any atom is -0.465 e. The molecule has 0 aromatic carbocycles. The van der Waals surface area contributed by atoms with Crippen molar-refractivity contribution in [3.05, 3.63) is 12.2 Å². The van der Waals surface area contributed by atoms with Gasteiger partial charge in [0.1, 0.15) is 0 Å². The van der Waals surface area contributed by atoms with Crippen LogP contribution in [0.1, 0.15) is 53.4 Å². The van der Waals surface area contributed by atoms with Crippen LogP contribution in [0.2, 0.25) is 0 Å². The summed E-state index contributed by atoms with van der Waals surface area (Å²) >= 11 is 0. The Morgan fingerprint density at radius 3 is 2.14 bits per heavy atom. The summed E-state index contributed by atoms with van der Waals surface area (Å²) in [6.45, 7) is 11.7. The van der Waals surface area contributed by atoms with Crippen molar-refractivity contribution in [2.45, 2.75) is 53.4 Å². The molecule has 0 spiro atoms. The van der Waals surface area contributed by atoms with Crippen LogP contribution in [0.3, 0.4) is 0 Å². The summed E-state index contributed by atoms with van der Waals surface area (Å²) in [6, 6.07) is 0. The van der Waals surface area contributed by atoms with Crippen molar-refractivity contribution in [1.82, 2.24) is 0 Å². The lowest BCUT2D eigenvalue weighted by atomic mass is 9.83. The van der Waals surface area contributed by atoms with Gasteiger partial charge in [0, 0.05) is 11.0 Å². The van der Waals surface area contributed by atoms with Crippen LogP contribution < -0.4 is 0 Å². The molecule has 0 unspecified atom stereocenters. The van der Waals surface area contributed by atoms with Crippen molar-refractivity contribution in [3.63, 3.8) is 0 Å². The molecule has 0 bridgehead atoms. The summed E-state index contributed by atoms with van der Waals surface area (Å²) in [4.78, 5) is 23.4. The second-order valence-corrected chi connectivity index (χ2v) is 7.09. The van der Waals surface area contributed by atoms with Gasteiger partial charge in [0.2, 0.25) is 0 Å². The lowest BCUT2D eigenvalue weighted by Crippen LogP contribution is -2.31. The SMILES string of the molecule is C=C(C)C(=O)OCC(C)(C)COC(=O)C1CCC(C)CC1. The van der Waals surface area contributed by atoms with Crippen molar-refractivity contribution >= 4 is 11.9 Å². The third kappa shape index (κ3) is 6.32. The van der Waals surface area contributed by atoms with Crippen LogP contribution in [-0.2, 0) is 19.1 Å². The first-order valence-electron chi connectivity index (χ1n) is 7.70. The first-order chi connectivity index (χ1) is 9.71. The van der Waals surface area contributed by atoms with Gasteiger partial charge in [-0.1, -0.05) is 27.4 Å². The van der Waals surface area contributed by atoms with Crippen LogP contribution in [0, 0.1) is 17.3 Å². The zero-order valence-electron chi connectivity index (χ0n) is 13.7. The predicted octanol–water partition coefficient (Wildman–Crippen LogP) is 3.50. The average molecular weight is 296 g/mol. The molecule has 0 saturated heterocycles. The van der Waals surface area contributed by atoms with Crippen LogP contribution >= 0.6 is 0 Å². The summed E-state index contributed by atoms with van der Waals surface area (Å²) in [5, 5.41) is 0. The van der Waals surface area contributed by atoms with Gasteiger partial charge < -0.3 is 9.47 Å². The molecule has 1 rings (SSSR count). The van der Waals surface area contributed by atoms with Gasteiger partial charge in [0.15, 0.2) is 0 Å². The molecule has 0 atom stereocenters. The number of rotatable bonds is 6. The molecule has 120 valence electrons. The fourth-order valence-corrected chi connectivity index (χ4v) is 2.31. The van der Waals surface area contributed by atoms with E-state index in [0.717, 1.165) is 25.7 Å². The van der Waals surface area contributed by atoms with Crippen molar-refractivity contribution in [2.75, 3.05) is 13.2 Å². The van der Waals surface area contributed by atoms with E-state index in [1.165, 1.54) is 0 Å². The van der Waals surface area contributed by atoms with E-state index in [1.54, 1.807) is 6.92 Å². The van der Waals surface area contributed by atoms with E-state index in [9.17, 15) is 9.59 Å². The van der Waals surface area contributed by atoms with E-state index in [2.05, 4.69) is 13.5 Å². The molecule has 1 aliphatic carbocycles. The van der Waals surface area contributed by atoms with Crippen LogP contribution in [0.25, 0.3) is 0 Å². The molecular weight excluding hydrogens is 268 g/mol. The van der Waals surface area contributed by atoms with Crippen molar-refractivity contribution < 1.29 is 19.1 Å². The Morgan fingerprint density at radius 1 is 1.10 bits per heavy atom. The molecule has 1 fully saturated rings. The smallest absolute Gasteiger partial charge is 0.333 e. The lowest BCUT2D eigenvalue weighted by Gasteiger charge is -2.27. The largest absolute Gasteiger partial charge is 0.465 e. The van der Waals surface area contributed by atoms with Crippen molar-refractivity contribution in [1.29, 1.82) is 0 Å². The lowest BCUT2D eigenvalue weighted by molar-refractivity contribution is -0.155. The van der Waals surface area contributed by atoms with Gasteiger partial charge in [-0.2, -0.15) is 0 Å². The van der Waals surface area contributed by atoms with Gasteiger partial charge in [-0.05, 0) is 38.5 Å². The molecule has 0 aromatic rings. The van der Waals surface area contributed by atoms with Gasteiger partial charge in [-0.15, -0.1) is 0 Å². The minimum atomic E-state index is -0.407. The molecule has 0 amide bonds. The van der Waals surface area contributed by atoms with Crippen LogP contribution in [0.5, 0.6) is 0 Å². The fraction of sp³-hybridized carbons (Fsp3) is 0.765. The second kappa shape index (κ2) is 7.62. The summed E-state index contributed by atoms with van der Waals surface area (Å²) < 4.78 is 10.6. The normalized spacial score (nSPS) is 22.5. The zero-order chi connectivity index (χ0) is 16.0. The average Bonchev–Trinajstić information content (AvgIpc) is 2.43. The number of hydrogen-bond acceptors (Lipinski definition) is 4. The molecule has 21 heavy (non-hydrogen) atoms.